The van der Waals surface area contributed by atoms with E-state index in [1.54, 1.807) is 6.07 Å². The zero-order valence-corrected chi connectivity index (χ0v) is 14.9. The van der Waals surface area contributed by atoms with Gasteiger partial charge in [0, 0.05) is 11.9 Å². The Kier molecular flexibility index (Phi) is 4.37. The van der Waals surface area contributed by atoms with Gasteiger partial charge in [0.25, 0.3) is 17.7 Å². The van der Waals surface area contributed by atoms with Crippen LogP contribution in [0.5, 0.6) is 0 Å². The molecule has 0 bridgehead atoms. The number of rotatable bonds is 3. The van der Waals surface area contributed by atoms with Crippen molar-refractivity contribution in [3.05, 3.63) is 88.5 Å². The summed E-state index contributed by atoms with van der Waals surface area (Å²) < 4.78 is 13.9. The summed E-state index contributed by atoms with van der Waals surface area (Å²) in [5, 5.41) is 2.53. The Balaban J connectivity index is 1.56. The lowest BCUT2D eigenvalue weighted by Crippen LogP contribution is -2.29. The molecule has 0 aliphatic carbocycles. The number of nitrogens with one attached hydrogen (secondary N) is 1. The fourth-order valence-corrected chi connectivity index (χ4v) is 3.15. The number of amides is 3. The molecule has 1 aliphatic rings. The van der Waals surface area contributed by atoms with Crippen molar-refractivity contribution in [2.75, 3.05) is 10.2 Å². The molecule has 8 heteroatoms. The largest absolute Gasteiger partial charge is 0.322 e. The minimum Gasteiger partial charge on any atom is -0.322 e. The molecule has 3 amide bonds. The molecule has 0 fully saturated rings. The number of carbonyl (C=O) groups is 3. The first-order valence-electron chi connectivity index (χ1n) is 8.16. The minimum atomic E-state index is -0.736. The zero-order chi connectivity index (χ0) is 19.8. The summed E-state index contributed by atoms with van der Waals surface area (Å²) in [7, 11) is 0. The number of aromatic nitrogens is 1. The second-order valence-corrected chi connectivity index (χ2v) is 6.35. The van der Waals surface area contributed by atoms with Gasteiger partial charge in [-0.2, -0.15) is 0 Å². The van der Waals surface area contributed by atoms with Crippen molar-refractivity contribution in [1.29, 1.82) is 0 Å². The number of halogens is 2. The van der Waals surface area contributed by atoms with Crippen LogP contribution >= 0.6 is 11.6 Å². The molecule has 4 rings (SSSR count). The molecule has 28 heavy (non-hydrogen) atoms. The average molecular weight is 396 g/mol. The Morgan fingerprint density at radius 3 is 2.43 bits per heavy atom. The number of hydrogen-bond acceptors (Lipinski definition) is 4. The van der Waals surface area contributed by atoms with Crippen LogP contribution in [-0.4, -0.2) is 22.7 Å². The van der Waals surface area contributed by atoms with E-state index in [0.29, 0.717) is 11.4 Å². The van der Waals surface area contributed by atoms with E-state index in [1.807, 2.05) is 0 Å². The number of hydrogen-bond donors (Lipinski definition) is 1. The summed E-state index contributed by atoms with van der Waals surface area (Å²) in [5.74, 6) is -2.43. The van der Waals surface area contributed by atoms with Crippen molar-refractivity contribution in [2.45, 2.75) is 0 Å². The molecular formula is C20H11ClFN3O3. The highest BCUT2D eigenvalue weighted by molar-refractivity contribution is 6.35. The first-order valence-corrected chi connectivity index (χ1v) is 8.54. The van der Waals surface area contributed by atoms with Crippen LogP contribution in [-0.2, 0) is 0 Å². The van der Waals surface area contributed by atoms with E-state index in [-0.39, 0.29) is 21.8 Å². The van der Waals surface area contributed by atoms with Gasteiger partial charge in [0.1, 0.15) is 11.5 Å². The highest BCUT2D eigenvalue weighted by atomic mass is 35.5. The molecule has 0 radical (unpaired) electrons. The van der Waals surface area contributed by atoms with E-state index in [4.69, 9.17) is 11.6 Å². The van der Waals surface area contributed by atoms with Gasteiger partial charge >= 0.3 is 0 Å². The number of benzene rings is 2. The lowest BCUT2D eigenvalue weighted by Gasteiger charge is -2.14. The van der Waals surface area contributed by atoms with E-state index >= 15 is 0 Å². The second kappa shape index (κ2) is 6.86. The number of anilines is 2. The summed E-state index contributed by atoms with van der Waals surface area (Å²) in [5.41, 5.74) is 0.746. The van der Waals surface area contributed by atoms with Crippen LogP contribution in [0, 0.1) is 5.82 Å². The van der Waals surface area contributed by atoms with E-state index in [0.717, 1.165) is 11.0 Å². The van der Waals surface area contributed by atoms with Crippen molar-refractivity contribution in [2.24, 2.45) is 0 Å². The van der Waals surface area contributed by atoms with Gasteiger partial charge in [-0.3, -0.25) is 19.4 Å². The Morgan fingerprint density at radius 1 is 1.00 bits per heavy atom. The van der Waals surface area contributed by atoms with Gasteiger partial charge in [-0.05, 0) is 48.5 Å². The highest BCUT2D eigenvalue weighted by Gasteiger charge is 2.37. The lowest BCUT2D eigenvalue weighted by molar-refractivity contribution is 0.0923. The quantitative estimate of drug-likeness (QED) is 0.681. The number of pyridine rings is 1. The lowest BCUT2D eigenvalue weighted by atomic mass is 10.2. The molecule has 0 spiro atoms. The zero-order valence-electron chi connectivity index (χ0n) is 14.1. The molecule has 1 N–H and O–H groups in total. The molecular weight excluding hydrogens is 385 g/mol. The average Bonchev–Trinajstić information content (AvgIpc) is 2.93. The van der Waals surface area contributed by atoms with E-state index in [2.05, 4.69) is 10.3 Å². The Morgan fingerprint density at radius 2 is 1.75 bits per heavy atom. The molecule has 6 nitrogen and oxygen atoms in total. The SMILES string of the molecule is O=C(Nc1ccc(N2C(=O)c3cccnc3C2=O)cc1)c1c(F)cccc1Cl. The summed E-state index contributed by atoms with van der Waals surface area (Å²) >= 11 is 5.89. The molecule has 3 aromatic rings. The summed E-state index contributed by atoms with van der Waals surface area (Å²) in [4.78, 5) is 42.2. The van der Waals surface area contributed by atoms with Crippen LogP contribution < -0.4 is 10.2 Å². The van der Waals surface area contributed by atoms with Gasteiger partial charge in [0.15, 0.2) is 0 Å². The first kappa shape index (κ1) is 17.8. The summed E-state index contributed by atoms with van der Waals surface area (Å²) in [6.45, 7) is 0. The van der Waals surface area contributed by atoms with Crippen molar-refractivity contribution in [3.63, 3.8) is 0 Å². The number of fused-ring (bicyclic) bond motifs is 1. The van der Waals surface area contributed by atoms with Crippen molar-refractivity contribution in [3.8, 4) is 0 Å². The van der Waals surface area contributed by atoms with E-state index < -0.39 is 23.5 Å². The maximum Gasteiger partial charge on any atom is 0.284 e. The smallest absolute Gasteiger partial charge is 0.284 e. The van der Waals surface area contributed by atoms with Crippen LogP contribution in [0.25, 0.3) is 0 Å². The van der Waals surface area contributed by atoms with Gasteiger partial charge in [0.2, 0.25) is 0 Å². The predicted molar refractivity (Wildman–Crippen MR) is 101 cm³/mol. The topological polar surface area (TPSA) is 79.4 Å². The maximum absolute atomic E-state index is 13.9. The van der Waals surface area contributed by atoms with E-state index in [9.17, 15) is 18.8 Å². The van der Waals surface area contributed by atoms with Crippen LogP contribution in [0.3, 0.4) is 0 Å². The summed E-state index contributed by atoms with van der Waals surface area (Å²) in [6, 6.07) is 13.1. The highest BCUT2D eigenvalue weighted by Crippen LogP contribution is 2.28. The Bertz CT molecular complexity index is 1080. The number of nitrogens with zero attached hydrogens (tertiary/aromatic N) is 2. The third-order valence-corrected chi connectivity index (χ3v) is 4.54. The molecule has 0 saturated carbocycles. The standard InChI is InChI=1S/C20H11ClFN3O3/c21-14-4-1-5-15(22)16(14)18(26)24-11-6-8-12(9-7-11)25-19(27)13-3-2-10-23-17(13)20(25)28/h1-10H,(H,24,26). The van der Waals surface area contributed by atoms with Crippen molar-refractivity contribution >= 4 is 40.7 Å². The van der Waals surface area contributed by atoms with Crippen LogP contribution in [0.1, 0.15) is 31.2 Å². The molecule has 0 unspecified atom stereocenters. The van der Waals surface area contributed by atoms with Crippen LogP contribution in [0.2, 0.25) is 5.02 Å². The maximum atomic E-state index is 13.9. The minimum absolute atomic E-state index is 0.00681. The van der Waals surface area contributed by atoms with E-state index in [1.165, 1.54) is 48.7 Å². The van der Waals surface area contributed by atoms with Crippen molar-refractivity contribution < 1.29 is 18.8 Å². The fourth-order valence-electron chi connectivity index (χ4n) is 2.90. The summed E-state index contributed by atoms with van der Waals surface area (Å²) in [6.07, 6.45) is 1.44. The molecule has 1 aliphatic heterocycles. The Labute approximate surface area is 163 Å². The van der Waals surface area contributed by atoms with Gasteiger partial charge in [-0.25, -0.2) is 9.29 Å². The van der Waals surface area contributed by atoms with Gasteiger partial charge < -0.3 is 5.32 Å². The monoisotopic (exact) mass is 395 g/mol. The van der Waals surface area contributed by atoms with Crippen LogP contribution in [0.4, 0.5) is 15.8 Å². The predicted octanol–water partition coefficient (Wildman–Crippen LogP) is 3.93. The van der Waals surface area contributed by atoms with Gasteiger partial charge in [-0.15, -0.1) is 0 Å². The van der Waals surface area contributed by atoms with Gasteiger partial charge in [0.05, 0.1) is 21.8 Å². The third kappa shape index (κ3) is 2.91. The van der Waals surface area contributed by atoms with Crippen molar-refractivity contribution in [1.82, 2.24) is 4.98 Å². The van der Waals surface area contributed by atoms with Gasteiger partial charge in [-0.1, -0.05) is 17.7 Å². The molecule has 1 aromatic heterocycles. The first-order chi connectivity index (χ1) is 13.5. The molecule has 138 valence electrons. The number of carbonyl (C=O) groups excluding carboxylic acids is 3. The normalized spacial score (nSPS) is 12.9. The van der Waals surface area contributed by atoms with Crippen LogP contribution in [0.15, 0.2) is 60.8 Å². The molecule has 0 saturated heterocycles. The number of imide groups is 1. The second-order valence-electron chi connectivity index (χ2n) is 5.94. The molecule has 2 aromatic carbocycles. The third-order valence-electron chi connectivity index (χ3n) is 4.22. The Hall–Kier alpha value is -3.58. The molecule has 2 heterocycles. The molecule has 0 atom stereocenters. The fraction of sp³-hybridized carbons (Fsp3) is 0.